The highest BCUT2D eigenvalue weighted by Crippen LogP contribution is 2.50. The molecule has 3 N–H and O–H groups in total. The van der Waals surface area contributed by atoms with Gasteiger partial charge in [-0.3, -0.25) is 4.79 Å². The lowest BCUT2D eigenvalue weighted by molar-refractivity contribution is 0.0841. The smallest absolute Gasteiger partial charge is 0.174 e. The summed E-state index contributed by atoms with van der Waals surface area (Å²) >= 11 is 0. The van der Waals surface area contributed by atoms with Crippen molar-refractivity contribution in [2.75, 3.05) is 0 Å². The van der Waals surface area contributed by atoms with Crippen LogP contribution in [0.25, 0.3) is 11.1 Å². The number of phenols is 3. The highest BCUT2D eigenvalue weighted by Gasteiger charge is 2.36. The highest BCUT2D eigenvalue weighted by atomic mass is 16.5. The lowest BCUT2D eigenvalue weighted by Gasteiger charge is -2.36. The molecule has 2 aliphatic heterocycles. The van der Waals surface area contributed by atoms with E-state index in [9.17, 15) is 20.1 Å². The SMILES string of the molecule is Cc1ccc2c(c1)-c1cc(C3CC(=O)c4c(O)cc(O)cc4O3)c(O)cc1OC2(C)C. The van der Waals surface area contributed by atoms with Gasteiger partial charge >= 0.3 is 0 Å². The van der Waals surface area contributed by atoms with E-state index in [1.54, 1.807) is 12.1 Å². The van der Waals surface area contributed by atoms with Crippen molar-refractivity contribution in [3.05, 3.63) is 64.7 Å². The Morgan fingerprint density at radius 2 is 1.71 bits per heavy atom. The number of ether oxygens (including phenoxy) is 2. The summed E-state index contributed by atoms with van der Waals surface area (Å²) < 4.78 is 12.1. The fourth-order valence-electron chi connectivity index (χ4n) is 4.47. The number of hydrogen-bond acceptors (Lipinski definition) is 6. The molecular formula is C25H22O6. The maximum absolute atomic E-state index is 12.7. The van der Waals surface area contributed by atoms with Crippen LogP contribution in [0, 0.1) is 6.92 Å². The third-order valence-electron chi connectivity index (χ3n) is 5.94. The van der Waals surface area contributed by atoms with Crippen molar-refractivity contribution in [2.45, 2.75) is 38.9 Å². The summed E-state index contributed by atoms with van der Waals surface area (Å²) in [6.07, 6.45) is -0.820. The van der Waals surface area contributed by atoms with Crippen molar-refractivity contribution in [1.82, 2.24) is 0 Å². The van der Waals surface area contributed by atoms with E-state index in [2.05, 4.69) is 6.07 Å². The van der Waals surface area contributed by atoms with Crippen LogP contribution >= 0.6 is 0 Å². The molecule has 1 unspecified atom stereocenters. The van der Waals surface area contributed by atoms with Crippen LogP contribution in [0.3, 0.4) is 0 Å². The van der Waals surface area contributed by atoms with Crippen molar-refractivity contribution in [2.24, 2.45) is 0 Å². The van der Waals surface area contributed by atoms with Crippen LogP contribution in [-0.4, -0.2) is 21.1 Å². The summed E-state index contributed by atoms with van der Waals surface area (Å²) in [4.78, 5) is 12.7. The van der Waals surface area contributed by atoms with E-state index in [-0.39, 0.29) is 40.8 Å². The van der Waals surface area contributed by atoms with Crippen LogP contribution in [0.1, 0.15) is 53.4 Å². The molecule has 0 bridgehead atoms. The molecule has 0 spiro atoms. The number of hydrogen-bond donors (Lipinski definition) is 3. The molecule has 3 aromatic carbocycles. The van der Waals surface area contributed by atoms with Gasteiger partial charge in [-0.05, 0) is 32.4 Å². The van der Waals surface area contributed by atoms with Gasteiger partial charge in [0.15, 0.2) is 5.78 Å². The van der Waals surface area contributed by atoms with Gasteiger partial charge in [-0.2, -0.15) is 0 Å². The average Bonchev–Trinajstić information content (AvgIpc) is 2.66. The maximum Gasteiger partial charge on any atom is 0.174 e. The quantitative estimate of drug-likeness (QED) is 0.508. The largest absolute Gasteiger partial charge is 0.508 e. The molecule has 158 valence electrons. The Hall–Kier alpha value is -3.67. The second kappa shape index (κ2) is 6.41. The van der Waals surface area contributed by atoms with Crippen molar-refractivity contribution >= 4 is 5.78 Å². The van der Waals surface area contributed by atoms with Crippen LogP contribution in [-0.2, 0) is 5.60 Å². The van der Waals surface area contributed by atoms with Crippen LogP contribution in [0.4, 0.5) is 0 Å². The summed E-state index contributed by atoms with van der Waals surface area (Å²) in [6, 6.07) is 11.9. The Bertz CT molecular complexity index is 1260. The molecule has 0 aromatic heterocycles. The number of rotatable bonds is 1. The molecule has 0 amide bonds. The summed E-state index contributed by atoms with van der Waals surface area (Å²) in [5, 5.41) is 30.6. The first kappa shape index (κ1) is 19.3. The molecule has 0 saturated heterocycles. The topological polar surface area (TPSA) is 96.2 Å². The van der Waals surface area contributed by atoms with Gasteiger partial charge in [0.05, 0.1) is 6.42 Å². The number of ketones is 1. The fourth-order valence-corrected chi connectivity index (χ4v) is 4.47. The van der Waals surface area contributed by atoms with E-state index in [4.69, 9.17) is 9.47 Å². The number of aromatic hydroxyl groups is 3. The van der Waals surface area contributed by atoms with Gasteiger partial charge in [0, 0.05) is 34.9 Å². The molecule has 3 aromatic rings. The molecule has 5 rings (SSSR count). The fraction of sp³-hybridized carbons (Fsp3) is 0.240. The number of carbonyl (C=O) groups excluding carboxylic acids is 1. The first-order valence-corrected chi connectivity index (χ1v) is 10.1. The predicted molar refractivity (Wildman–Crippen MR) is 114 cm³/mol. The third-order valence-corrected chi connectivity index (χ3v) is 5.94. The van der Waals surface area contributed by atoms with Gasteiger partial charge in [0.1, 0.15) is 46.0 Å². The molecule has 0 aliphatic carbocycles. The first-order chi connectivity index (χ1) is 14.6. The molecule has 0 fully saturated rings. The molecule has 2 heterocycles. The summed E-state index contributed by atoms with van der Waals surface area (Å²) in [7, 11) is 0. The minimum Gasteiger partial charge on any atom is -0.508 e. The normalized spacial score (nSPS) is 18.3. The molecule has 0 radical (unpaired) electrons. The lowest BCUT2D eigenvalue weighted by atomic mass is 9.84. The van der Waals surface area contributed by atoms with E-state index >= 15 is 0 Å². The molecule has 6 heteroatoms. The van der Waals surface area contributed by atoms with E-state index in [0.717, 1.165) is 28.3 Å². The van der Waals surface area contributed by atoms with Crippen molar-refractivity contribution < 1.29 is 29.6 Å². The van der Waals surface area contributed by atoms with E-state index in [1.807, 2.05) is 32.9 Å². The summed E-state index contributed by atoms with van der Waals surface area (Å²) in [5.74, 6) is -0.259. The van der Waals surface area contributed by atoms with E-state index in [1.165, 1.54) is 6.07 Å². The number of Topliss-reactive ketones (excluding diaryl/α,β-unsaturated/α-hetero) is 1. The second-order valence-electron chi connectivity index (χ2n) is 8.64. The minimum atomic E-state index is -0.769. The Kier molecular flexibility index (Phi) is 3.99. The minimum absolute atomic E-state index is 0.0394. The maximum atomic E-state index is 12.7. The Balaban J connectivity index is 1.64. The first-order valence-electron chi connectivity index (χ1n) is 10.1. The second-order valence-corrected chi connectivity index (χ2v) is 8.64. The van der Waals surface area contributed by atoms with Crippen LogP contribution in [0.2, 0.25) is 0 Å². The summed E-state index contributed by atoms with van der Waals surface area (Å²) in [6.45, 7) is 5.98. The monoisotopic (exact) mass is 418 g/mol. The van der Waals surface area contributed by atoms with Crippen LogP contribution in [0.15, 0.2) is 42.5 Å². The van der Waals surface area contributed by atoms with Gasteiger partial charge < -0.3 is 24.8 Å². The van der Waals surface area contributed by atoms with Gasteiger partial charge in [-0.15, -0.1) is 0 Å². The Labute approximate surface area is 179 Å². The van der Waals surface area contributed by atoms with Crippen molar-refractivity contribution in [1.29, 1.82) is 0 Å². The van der Waals surface area contributed by atoms with Gasteiger partial charge in [0.25, 0.3) is 0 Å². The molecule has 6 nitrogen and oxygen atoms in total. The molecule has 1 atom stereocenters. The number of fused-ring (bicyclic) bond motifs is 4. The van der Waals surface area contributed by atoms with Crippen molar-refractivity contribution in [3.63, 3.8) is 0 Å². The third kappa shape index (κ3) is 2.98. The number of carbonyl (C=O) groups is 1. The summed E-state index contributed by atoms with van der Waals surface area (Å²) in [5.41, 5.74) is 3.87. The van der Waals surface area contributed by atoms with E-state index in [0.29, 0.717) is 11.3 Å². The Morgan fingerprint density at radius 1 is 0.935 bits per heavy atom. The van der Waals surface area contributed by atoms with Crippen molar-refractivity contribution in [3.8, 4) is 39.9 Å². The number of phenolic OH excluding ortho intramolecular Hbond substituents is 3. The standard InChI is InChI=1S/C25H22O6/c1-12-4-5-17-14(6-12)15-9-16(18(27)10-22(15)31-25(17,2)3)21-11-20(29)24-19(28)7-13(26)8-23(24)30-21/h4-10,21,26-28H,11H2,1-3H3. The van der Waals surface area contributed by atoms with Gasteiger partial charge in [0.2, 0.25) is 0 Å². The molecular weight excluding hydrogens is 396 g/mol. The highest BCUT2D eigenvalue weighted by molar-refractivity contribution is 6.02. The lowest BCUT2D eigenvalue weighted by Crippen LogP contribution is -2.29. The van der Waals surface area contributed by atoms with Gasteiger partial charge in [-0.1, -0.05) is 23.8 Å². The van der Waals surface area contributed by atoms with Gasteiger partial charge in [-0.25, -0.2) is 0 Å². The average molecular weight is 418 g/mol. The van der Waals surface area contributed by atoms with Crippen LogP contribution < -0.4 is 9.47 Å². The predicted octanol–water partition coefficient (Wildman–Crippen LogP) is 5.11. The molecule has 2 aliphatic rings. The van der Waals surface area contributed by atoms with Crippen LogP contribution in [0.5, 0.6) is 28.7 Å². The zero-order chi connectivity index (χ0) is 22.1. The number of benzene rings is 3. The molecule has 31 heavy (non-hydrogen) atoms. The van der Waals surface area contributed by atoms with E-state index < -0.39 is 11.7 Å². The zero-order valence-electron chi connectivity index (χ0n) is 17.4. The zero-order valence-corrected chi connectivity index (χ0v) is 17.4. The number of aryl methyl sites for hydroxylation is 1. The molecule has 0 saturated carbocycles. The Morgan fingerprint density at radius 3 is 2.48 bits per heavy atom.